The maximum absolute atomic E-state index is 11.1. The predicted molar refractivity (Wildman–Crippen MR) is 75.4 cm³/mol. The van der Waals surface area contributed by atoms with Crippen LogP contribution in [0.4, 0.5) is 11.5 Å². The van der Waals surface area contributed by atoms with Crippen LogP contribution < -0.4 is 10.6 Å². The second kappa shape index (κ2) is 4.97. The first-order chi connectivity index (χ1) is 9.00. The van der Waals surface area contributed by atoms with Gasteiger partial charge in [-0.15, -0.1) is 0 Å². The molecule has 0 saturated carbocycles. The van der Waals surface area contributed by atoms with Crippen molar-refractivity contribution in [1.29, 1.82) is 0 Å². The Bertz CT molecular complexity index is 624. The van der Waals surface area contributed by atoms with Crippen LogP contribution in [-0.4, -0.2) is 30.2 Å². The van der Waals surface area contributed by atoms with Gasteiger partial charge in [-0.3, -0.25) is 0 Å². The van der Waals surface area contributed by atoms with E-state index in [0.717, 1.165) is 16.8 Å². The van der Waals surface area contributed by atoms with Crippen molar-refractivity contribution in [3.05, 3.63) is 42.1 Å². The molecule has 0 fully saturated rings. The molecule has 0 amide bonds. The van der Waals surface area contributed by atoms with Crippen molar-refractivity contribution >= 4 is 17.5 Å². The molecule has 1 aromatic carbocycles. The van der Waals surface area contributed by atoms with E-state index in [1.165, 1.54) is 0 Å². The zero-order chi connectivity index (χ0) is 14.0. The Labute approximate surface area is 111 Å². The van der Waals surface area contributed by atoms with E-state index in [-0.39, 0.29) is 11.4 Å². The Morgan fingerprint density at radius 2 is 2.00 bits per heavy atom. The van der Waals surface area contributed by atoms with E-state index in [1.54, 1.807) is 12.3 Å². The van der Waals surface area contributed by atoms with E-state index in [4.69, 9.17) is 10.8 Å². The van der Waals surface area contributed by atoms with E-state index in [1.807, 2.05) is 43.3 Å². The van der Waals surface area contributed by atoms with Gasteiger partial charge in [0.15, 0.2) is 0 Å². The Hall–Kier alpha value is -2.56. The molecular formula is C14H15N3O2. The second-order valence-electron chi connectivity index (χ2n) is 4.37. The number of pyridine rings is 1. The van der Waals surface area contributed by atoms with Gasteiger partial charge >= 0.3 is 5.97 Å². The Morgan fingerprint density at radius 1 is 1.32 bits per heavy atom. The Morgan fingerprint density at radius 3 is 2.63 bits per heavy atom. The van der Waals surface area contributed by atoms with Gasteiger partial charge in [0.1, 0.15) is 11.4 Å². The summed E-state index contributed by atoms with van der Waals surface area (Å²) < 4.78 is 0. The summed E-state index contributed by atoms with van der Waals surface area (Å²) >= 11 is 0. The average molecular weight is 257 g/mol. The molecule has 0 radical (unpaired) electrons. The summed E-state index contributed by atoms with van der Waals surface area (Å²) in [7, 11) is 3.86. The number of anilines is 2. The number of aromatic carboxylic acids is 1. The Kier molecular flexibility index (Phi) is 3.37. The normalized spacial score (nSPS) is 10.2. The molecule has 1 aromatic heterocycles. The quantitative estimate of drug-likeness (QED) is 0.880. The number of carboxylic acid groups (broad SMARTS) is 1. The van der Waals surface area contributed by atoms with Gasteiger partial charge < -0.3 is 15.7 Å². The third kappa shape index (κ3) is 2.49. The summed E-state index contributed by atoms with van der Waals surface area (Å²) in [4.78, 5) is 17.0. The van der Waals surface area contributed by atoms with E-state index < -0.39 is 5.97 Å². The zero-order valence-electron chi connectivity index (χ0n) is 10.8. The van der Waals surface area contributed by atoms with Crippen molar-refractivity contribution in [3.8, 4) is 11.1 Å². The summed E-state index contributed by atoms with van der Waals surface area (Å²) in [6.07, 6.45) is 1.59. The molecule has 0 aliphatic carbocycles. The number of carbonyl (C=O) groups is 1. The van der Waals surface area contributed by atoms with Gasteiger partial charge in [0.05, 0.1) is 0 Å². The number of aromatic nitrogens is 1. The molecule has 0 spiro atoms. The van der Waals surface area contributed by atoms with Crippen LogP contribution >= 0.6 is 0 Å². The molecule has 5 heteroatoms. The first kappa shape index (κ1) is 12.9. The fourth-order valence-corrected chi connectivity index (χ4v) is 1.90. The summed E-state index contributed by atoms with van der Waals surface area (Å²) in [5, 5.41) is 9.09. The maximum atomic E-state index is 11.1. The predicted octanol–water partition coefficient (Wildman–Crippen LogP) is 2.09. The summed E-state index contributed by atoms with van der Waals surface area (Å²) in [6, 6.07) is 9.27. The van der Waals surface area contributed by atoms with Crippen molar-refractivity contribution < 1.29 is 9.90 Å². The van der Waals surface area contributed by atoms with E-state index in [9.17, 15) is 4.79 Å². The minimum absolute atomic E-state index is 0.0195. The first-order valence-electron chi connectivity index (χ1n) is 5.76. The molecule has 2 aromatic rings. The lowest BCUT2D eigenvalue weighted by Gasteiger charge is -2.17. The van der Waals surface area contributed by atoms with Crippen molar-refractivity contribution in [2.45, 2.75) is 0 Å². The number of carboxylic acids is 1. The molecular weight excluding hydrogens is 242 g/mol. The van der Waals surface area contributed by atoms with Crippen LogP contribution in [0.15, 0.2) is 36.5 Å². The number of para-hydroxylation sites is 1. The fraction of sp³-hybridized carbons (Fsp3) is 0.143. The molecule has 1 heterocycles. The van der Waals surface area contributed by atoms with Crippen molar-refractivity contribution in [2.75, 3.05) is 24.7 Å². The molecule has 0 saturated heterocycles. The summed E-state index contributed by atoms with van der Waals surface area (Å²) in [5.74, 6) is -1.05. The molecule has 2 rings (SSSR count). The lowest BCUT2D eigenvalue weighted by Crippen LogP contribution is -2.10. The van der Waals surface area contributed by atoms with Gasteiger partial charge in [-0.25, -0.2) is 9.78 Å². The number of nitrogens with zero attached hydrogens (tertiary/aromatic N) is 2. The molecule has 0 aliphatic rings. The highest BCUT2D eigenvalue weighted by atomic mass is 16.4. The van der Waals surface area contributed by atoms with Crippen LogP contribution in [0.3, 0.4) is 0 Å². The highest BCUT2D eigenvalue weighted by Gasteiger charge is 2.13. The van der Waals surface area contributed by atoms with Crippen molar-refractivity contribution in [2.24, 2.45) is 0 Å². The topological polar surface area (TPSA) is 79.5 Å². The second-order valence-corrected chi connectivity index (χ2v) is 4.37. The zero-order valence-corrected chi connectivity index (χ0v) is 10.8. The molecule has 0 unspecified atom stereocenters. The molecule has 98 valence electrons. The summed E-state index contributed by atoms with van der Waals surface area (Å²) in [6.45, 7) is 0. The van der Waals surface area contributed by atoms with Crippen LogP contribution in [0.1, 0.15) is 10.4 Å². The fourth-order valence-electron chi connectivity index (χ4n) is 1.90. The first-order valence-corrected chi connectivity index (χ1v) is 5.76. The van der Waals surface area contributed by atoms with Crippen LogP contribution in [0.5, 0.6) is 0 Å². The average Bonchev–Trinajstić information content (AvgIpc) is 2.39. The highest BCUT2D eigenvalue weighted by molar-refractivity contribution is 5.94. The van der Waals surface area contributed by atoms with Gasteiger partial charge in [0.25, 0.3) is 0 Å². The Balaban J connectivity index is 2.60. The number of benzene rings is 1. The number of hydrogen-bond acceptors (Lipinski definition) is 4. The molecule has 3 N–H and O–H groups in total. The van der Waals surface area contributed by atoms with Gasteiger partial charge in [-0.2, -0.15) is 0 Å². The molecule has 0 bridgehead atoms. The highest BCUT2D eigenvalue weighted by Crippen LogP contribution is 2.30. The summed E-state index contributed by atoms with van der Waals surface area (Å²) in [5.41, 5.74) is 8.23. The minimum atomic E-state index is -1.07. The molecule has 19 heavy (non-hydrogen) atoms. The molecule has 0 aliphatic heterocycles. The smallest absolute Gasteiger partial charge is 0.339 e. The number of hydrogen-bond donors (Lipinski definition) is 2. The lowest BCUT2D eigenvalue weighted by molar-refractivity contribution is 0.0697. The lowest BCUT2D eigenvalue weighted by atomic mass is 10.0. The number of nitrogen functional groups attached to an aromatic ring is 1. The SMILES string of the molecule is CN(C)c1ccccc1-c1cnc(N)c(C(=O)O)c1. The van der Waals surface area contributed by atoms with Crippen LogP contribution in [-0.2, 0) is 0 Å². The monoisotopic (exact) mass is 257 g/mol. The minimum Gasteiger partial charge on any atom is -0.478 e. The van der Waals surface area contributed by atoms with Crippen LogP contribution in [0.25, 0.3) is 11.1 Å². The van der Waals surface area contributed by atoms with Gasteiger partial charge in [-0.05, 0) is 12.1 Å². The third-order valence-corrected chi connectivity index (χ3v) is 2.85. The van der Waals surface area contributed by atoms with E-state index >= 15 is 0 Å². The van der Waals surface area contributed by atoms with Crippen LogP contribution in [0, 0.1) is 0 Å². The van der Waals surface area contributed by atoms with Crippen LogP contribution in [0.2, 0.25) is 0 Å². The molecule has 5 nitrogen and oxygen atoms in total. The maximum Gasteiger partial charge on any atom is 0.339 e. The largest absolute Gasteiger partial charge is 0.478 e. The third-order valence-electron chi connectivity index (χ3n) is 2.85. The van der Waals surface area contributed by atoms with Gasteiger partial charge in [0.2, 0.25) is 0 Å². The van der Waals surface area contributed by atoms with E-state index in [0.29, 0.717) is 0 Å². The van der Waals surface area contributed by atoms with Gasteiger partial charge in [-0.1, -0.05) is 18.2 Å². The number of nitrogens with two attached hydrogens (primary N) is 1. The molecule has 0 atom stereocenters. The number of rotatable bonds is 3. The standard InChI is InChI=1S/C14H15N3O2/c1-17(2)12-6-4-3-5-10(12)9-7-11(14(18)19)13(15)16-8-9/h3-8H,1-2H3,(H2,15,16)(H,18,19). The van der Waals surface area contributed by atoms with Gasteiger partial charge in [0, 0.05) is 37.1 Å². The van der Waals surface area contributed by atoms with E-state index in [2.05, 4.69) is 4.98 Å². The van der Waals surface area contributed by atoms with Crippen molar-refractivity contribution in [3.63, 3.8) is 0 Å². The van der Waals surface area contributed by atoms with Crippen molar-refractivity contribution in [1.82, 2.24) is 4.98 Å².